The first-order valence-electron chi connectivity index (χ1n) is 8.89. The molecule has 0 heterocycles. The molecule has 2 unspecified atom stereocenters. The van der Waals surface area contributed by atoms with Crippen LogP contribution in [0.5, 0.6) is 0 Å². The Kier molecular flexibility index (Phi) is 10.2. The number of unbranched alkanes of at least 4 members (excludes halogenated alkanes) is 9. The molecular weight excluding hydrogens is 280 g/mol. The number of ether oxygens (including phenoxy) is 1. The van der Waals surface area contributed by atoms with Crippen molar-refractivity contribution in [2.24, 2.45) is 0 Å². The van der Waals surface area contributed by atoms with E-state index < -0.39 is 18.3 Å². The highest BCUT2D eigenvalue weighted by atomic mass is 16.6. The van der Waals surface area contributed by atoms with Crippen LogP contribution in [0.2, 0.25) is 0 Å². The molecule has 0 fully saturated rings. The average Bonchev–Trinajstić information content (AvgIpc) is 2.81. The SMILES string of the molecule is CCCCCCCCCCCCC(=O)OC1C(O)C=CC1O. The smallest absolute Gasteiger partial charge is 0.306 e. The Morgan fingerprint density at radius 3 is 1.82 bits per heavy atom. The van der Waals surface area contributed by atoms with Gasteiger partial charge in [0, 0.05) is 6.42 Å². The van der Waals surface area contributed by atoms with Gasteiger partial charge in [-0.3, -0.25) is 4.79 Å². The van der Waals surface area contributed by atoms with Gasteiger partial charge in [0.25, 0.3) is 0 Å². The van der Waals surface area contributed by atoms with Gasteiger partial charge in [0.15, 0.2) is 6.10 Å². The molecule has 0 radical (unpaired) electrons. The van der Waals surface area contributed by atoms with E-state index in [2.05, 4.69) is 6.92 Å². The Morgan fingerprint density at radius 2 is 1.32 bits per heavy atom. The number of esters is 1. The quantitative estimate of drug-likeness (QED) is 0.329. The van der Waals surface area contributed by atoms with Crippen molar-refractivity contribution in [1.82, 2.24) is 0 Å². The molecule has 0 aromatic carbocycles. The van der Waals surface area contributed by atoms with Crippen LogP contribution in [0.1, 0.15) is 77.6 Å². The Morgan fingerprint density at radius 1 is 0.864 bits per heavy atom. The van der Waals surface area contributed by atoms with Crippen molar-refractivity contribution in [2.75, 3.05) is 0 Å². The minimum atomic E-state index is -0.883. The van der Waals surface area contributed by atoms with Crippen molar-refractivity contribution in [3.63, 3.8) is 0 Å². The normalized spacial score (nSPS) is 23.9. The van der Waals surface area contributed by atoms with E-state index in [0.717, 1.165) is 19.3 Å². The van der Waals surface area contributed by atoms with E-state index in [1.807, 2.05) is 0 Å². The zero-order chi connectivity index (χ0) is 16.2. The molecule has 0 spiro atoms. The van der Waals surface area contributed by atoms with Crippen molar-refractivity contribution in [3.8, 4) is 0 Å². The van der Waals surface area contributed by atoms with Crippen molar-refractivity contribution >= 4 is 5.97 Å². The summed E-state index contributed by atoms with van der Waals surface area (Å²) in [4.78, 5) is 11.7. The number of rotatable bonds is 12. The first-order chi connectivity index (χ1) is 10.6. The second-order valence-corrected chi connectivity index (χ2v) is 6.25. The fraction of sp³-hybridized carbons (Fsp3) is 0.833. The molecule has 2 N–H and O–H groups in total. The second kappa shape index (κ2) is 11.7. The molecule has 0 saturated heterocycles. The van der Waals surface area contributed by atoms with Gasteiger partial charge < -0.3 is 14.9 Å². The first-order valence-corrected chi connectivity index (χ1v) is 8.89. The van der Waals surface area contributed by atoms with E-state index in [4.69, 9.17) is 4.74 Å². The van der Waals surface area contributed by atoms with E-state index in [1.165, 1.54) is 57.1 Å². The lowest BCUT2D eigenvalue weighted by molar-refractivity contribution is -0.158. The summed E-state index contributed by atoms with van der Waals surface area (Å²) in [7, 11) is 0. The van der Waals surface area contributed by atoms with Gasteiger partial charge in [-0.15, -0.1) is 0 Å². The maximum absolute atomic E-state index is 11.7. The molecule has 0 bridgehead atoms. The molecule has 0 aromatic rings. The third kappa shape index (κ3) is 7.95. The lowest BCUT2D eigenvalue weighted by atomic mass is 10.1. The van der Waals surface area contributed by atoms with Crippen LogP contribution >= 0.6 is 0 Å². The molecule has 22 heavy (non-hydrogen) atoms. The van der Waals surface area contributed by atoms with Gasteiger partial charge in [-0.25, -0.2) is 0 Å². The molecule has 4 heteroatoms. The standard InChI is InChI=1S/C18H32O4/c1-2-3-4-5-6-7-8-9-10-11-12-17(21)22-18-15(19)13-14-16(18)20/h13-16,18-20H,2-12H2,1H3. The van der Waals surface area contributed by atoms with Crippen LogP contribution in [0.3, 0.4) is 0 Å². The lowest BCUT2D eigenvalue weighted by Crippen LogP contribution is -2.35. The Bertz CT molecular complexity index is 315. The van der Waals surface area contributed by atoms with Crippen molar-refractivity contribution in [1.29, 1.82) is 0 Å². The molecule has 4 nitrogen and oxygen atoms in total. The highest BCUT2D eigenvalue weighted by Crippen LogP contribution is 2.17. The summed E-state index contributed by atoms with van der Waals surface area (Å²) < 4.78 is 5.12. The lowest BCUT2D eigenvalue weighted by Gasteiger charge is -2.19. The predicted octanol–water partition coefficient (Wildman–Crippen LogP) is 3.50. The average molecular weight is 312 g/mol. The van der Waals surface area contributed by atoms with Crippen molar-refractivity contribution in [3.05, 3.63) is 12.2 Å². The monoisotopic (exact) mass is 312 g/mol. The van der Waals surface area contributed by atoms with E-state index in [9.17, 15) is 15.0 Å². The van der Waals surface area contributed by atoms with E-state index in [0.29, 0.717) is 6.42 Å². The topological polar surface area (TPSA) is 66.8 Å². The molecule has 0 aromatic heterocycles. The van der Waals surface area contributed by atoms with Gasteiger partial charge in [-0.2, -0.15) is 0 Å². The zero-order valence-corrected chi connectivity index (χ0v) is 13.9. The molecule has 0 amide bonds. The van der Waals surface area contributed by atoms with Gasteiger partial charge in [-0.05, 0) is 6.42 Å². The molecule has 1 aliphatic rings. The van der Waals surface area contributed by atoms with Gasteiger partial charge in [0.2, 0.25) is 0 Å². The second-order valence-electron chi connectivity index (χ2n) is 6.25. The summed E-state index contributed by atoms with van der Waals surface area (Å²) in [6.07, 6.45) is 12.9. The third-order valence-electron chi connectivity index (χ3n) is 4.18. The van der Waals surface area contributed by atoms with Crippen LogP contribution in [0.25, 0.3) is 0 Å². The molecule has 1 aliphatic carbocycles. The van der Waals surface area contributed by atoms with Crippen LogP contribution in [-0.2, 0) is 9.53 Å². The minimum Gasteiger partial charge on any atom is -0.456 e. The molecule has 1 rings (SSSR count). The number of aliphatic hydroxyl groups excluding tert-OH is 2. The molecular formula is C18H32O4. The van der Waals surface area contributed by atoms with Gasteiger partial charge in [0.1, 0.15) is 12.2 Å². The highest BCUT2D eigenvalue weighted by Gasteiger charge is 2.32. The number of carbonyl (C=O) groups is 1. The van der Waals surface area contributed by atoms with Gasteiger partial charge in [0.05, 0.1) is 0 Å². The van der Waals surface area contributed by atoms with Crippen LogP contribution in [0.4, 0.5) is 0 Å². The van der Waals surface area contributed by atoms with Gasteiger partial charge >= 0.3 is 5.97 Å². The molecule has 2 atom stereocenters. The number of hydrogen-bond acceptors (Lipinski definition) is 4. The summed E-state index contributed by atoms with van der Waals surface area (Å²) >= 11 is 0. The summed E-state index contributed by atoms with van der Waals surface area (Å²) in [5.41, 5.74) is 0. The Balaban J connectivity index is 1.91. The Hall–Kier alpha value is -0.870. The van der Waals surface area contributed by atoms with E-state index in [-0.39, 0.29) is 5.97 Å². The summed E-state index contributed by atoms with van der Waals surface area (Å²) in [6.45, 7) is 2.23. The zero-order valence-electron chi connectivity index (χ0n) is 13.9. The maximum Gasteiger partial charge on any atom is 0.306 e. The predicted molar refractivity (Wildman–Crippen MR) is 87.5 cm³/mol. The summed E-state index contributed by atoms with van der Waals surface area (Å²) in [5.74, 6) is -0.327. The number of carbonyl (C=O) groups excluding carboxylic acids is 1. The maximum atomic E-state index is 11.7. The molecule has 0 aliphatic heterocycles. The largest absolute Gasteiger partial charge is 0.456 e. The van der Waals surface area contributed by atoms with Crippen LogP contribution in [-0.4, -0.2) is 34.5 Å². The fourth-order valence-corrected chi connectivity index (χ4v) is 2.76. The fourth-order valence-electron chi connectivity index (χ4n) is 2.76. The number of aliphatic hydroxyl groups is 2. The van der Waals surface area contributed by atoms with Crippen molar-refractivity contribution in [2.45, 2.75) is 95.9 Å². The minimum absolute atomic E-state index is 0.327. The van der Waals surface area contributed by atoms with E-state index in [1.54, 1.807) is 0 Å². The first kappa shape index (κ1) is 19.2. The van der Waals surface area contributed by atoms with Crippen LogP contribution < -0.4 is 0 Å². The number of hydrogen-bond donors (Lipinski definition) is 2. The third-order valence-corrected chi connectivity index (χ3v) is 4.18. The molecule has 128 valence electrons. The van der Waals surface area contributed by atoms with Crippen LogP contribution in [0.15, 0.2) is 12.2 Å². The van der Waals surface area contributed by atoms with Crippen molar-refractivity contribution < 1.29 is 19.7 Å². The van der Waals surface area contributed by atoms with Gasteiger partial charge in [-0.1, -0.05) is 76.9 Å². The summed E-state index contributed by atoms with van der Waals surface area (Å²) in [5, 5.41) is 19.1. The highest BCUT2D eigenvalue weighted by molar-refractivity contribution is 5.69. The van der Waals surface area contributed by atoms with Crippen LogP contribution in [0, 0.1) is 0 Å². The molecule has 0 saturated carbocycles. The summed E-state index contributed by atoms with van der Waals surface area (Å²) in [6, 6.07) is 0. The van der Waals surface area contributed by atoms with E-state index >= 15 is 0 Å². The Labute approximate surface area is 134 Å².